The highest BCUT2D eigenvalue weighted by Gasteiger charge is 2.37. The van der Waals surface area contributed by atoms with Crippen LogP contribution in [0.25, 0.3) is 0 Å². The Balaban J connectivity index is 2.06. The molecule has 2 heterocycles. The molecule has 2 N–H and O–H groups in total. The van der Waals surface area contributed by atoms with E-state index in [1.165, 1.54) is 24.0 Å². The molecule has 0 aromatic heterocycles. The first kappa shape index (κ1) is 22.9. The fraction of sp³-hybridized carbons (Fsp3) is 0.520. The van der Waals surface area contributed by atoms with Crippen LogP contribution >= 0.6 is 0 Å². The molecule has 6 heteroatoms. The number of carbonyl (C=O) groups excluding carboxylic acids is 1. The van der Waals surface area contributed by atoms with Gasteiger partial charge in [0.15, 0.2) is 0 Å². The number of carbonyl (C=O) groups is 1. The number of piperidine rings is 1. The van der Waals surface area contributed by atoms with Crippen LogP contribution in [0.3, 0.4) is 0 Å². The Labute approximate surface area is 185 Å². The average Bonchev–Trinajstić information content (AvgIpc) is 2.71. The number of benzene rings is 1. The zero-order valence-electron chi connectivity index (χ0n) is 19.2. The molecule has 6 nitrogen and oxygen atoms in total. The fourth-order valence-corrected chi connectivity index (χ4v) is 4.52. The summed E-state index contributed by atoms with van der Waals surface area (Å²) in [5, 5.41) is 9.86. The Bertz CT molecular complexity index is 963. The van der Waals surface area contributed by atoms with Crippen LogP contribution in [-0.2, 0) is 20.8 Å². The molecule has 0 spiro atoms. The smallest absolute Gasteiger partial charge is 0.338 e. The van der Waals surface area contributed by atoms with Crippen molar-refractivity contribution in [1.29, 1.82) is 5.26 Å². The number of hydrogen-bond donors (Lipinski definition) is 1. The van der Waals surface area contributed by atoms with E-state index in [0.717, 1.165) is 36.7 Å². The lowest BCUT2D eigenvalue weighted by atomic mass is 9.80. The number of allylic oxidation sites excluding steroid dienone is 2. The molecular weight excluding hydrogens is 390 g/mol. The van der Waals surface area contributed by atoms with Gasteiger partial charge in [-0.1, -0.05) is 19.1 Å². The van der Waals surface area contributed by atoms with Crippen molar-refractivity contribution in [3.63, 3.8) is 0 Å². The van der Waals surface area contributed by atoms with Crippen LogP contribution in [0.2, 0.25) is 0 Å². The maximum atomic E-state index is 12.8. The maximum absolute atomic E-state index is 12.8. The third-order valence-corrected chi connectivity index (χ3v) is 6.41. The predicted octanol–water partition coefficient (Wildman–Crippen LogP) is 4.18. The van der Waals surface area contributed by atoms with Gasteiger partial charge in [-0.05, 0) is 81.8 Å². The van der Waals surface area contributed by atoms with Crippen LogP contribution in [0.1, 0.15) is 61.8 Å². The van der Waals surface area contributed by atoms with Crippen molar-refractivity contribution in [2.45, 2.75) is 59.9 Å². The van der Waals surface area contributed by atoms with Gasteiger partial charge in [-0.2, -0.15) is 5.26 Å². The molecule has 1 saturated heterocycles. The van der Waals surface area contributed by atoms with E-state index in [9.17, 15) is 10.1 Å². The molecule has 166 valence electrons. The minimum atomic E-state index is -0.599. The van der Waals surface area contributed by atoms with Crippen molar-refractivity contribution >= 4 is 5.97 Å². The van der Waals surface area contributed by atoms with Gasteiger partial charge < -0.3 is 15.2 Å². The minimum absolute atomic E-state index is 0.0459. The van der Waals surface area contributed by atoms with Crippen LogP contribution in [0, 0.1) is 31.1 Å². The van der Waals surface area contributed by atoms with E-state index in [0.29, 0.717) is 11.3 Å². The maximum Gasteiger partial charge on any atom is 0.338 e. The largest absolute Gasteiger partial charge is 0.463 e. The first-order chi connectivity index (χ1) is 14.8. The summed E-state index contributed by atoms with van der Waals surface area (Å²) >= 11 is 0. The summed E-state index contributed by atoms with van der Waals surface area (Å²) in [4.78, 5) is 15.3. The molecule has 0 saturated carbocycles. The molecule has 1 fully saturated rings. The predicted molar refractivity (Wildman–Crippen MR) is 120 cm³/mol. The SMILES string of the molecule is CCOC(=O)C1=C(C)OC(N)=C(C#N)C1c1cc(CN2CCC(C)CC2)c(C)cc1C. The molecule has 1 aromatic rings. The Kier molecular flexibility index (Phi) is 7.07. The molecule has 0 radical (unpaired) electrons. The van der Waals surface area contributed by atoms with Crippen molar-refractivity contribution in [3.05, 3.63) is 57.2 Å². The molecule has 0 bridgehead atoms. The van der Waals surface area contributed by atoms with E-state index in [1.54, 1.807) is 13.8 Å². The lowest BCUT2D eigenvalue weighted by molar-refractivity contribution is -0.139. The van der Waals surface area contributed by atoms with Crippen molar-refractivity contribution in [2.75, 3.05) is 19.7 Å². The molecule has 0 aliphatic carbocycles. The summed E-state index contributed by atoms with van der Waals surface area (Å²) in [6, 6.07) is 6.44. The number of esters is 1. The van der Waals surface area contributed by atoms with Gasteiger partial charge in [0.2, 0.25) is 5.88 Å². The lowest BCUT2D eigenvalue weighted by Gasteiger charge is -2.32. The summed E-state index contributed by atoms with van der Waals surface area (Å²) in [7, 11) is 0. The van der Waals surface area contributed by atoms with E-state index >= 15 is 0 Å². The number of nitrogens with two attached hydrogens (primary N) is 1. The average molecular weight is 424 g/mol. The van der Waals surface area contributed by atoms with Crippen LogP contribution in [0.15, 0.2) is 34.9 Å². The number of ether oxygens (including phenoxy) is 2. The third kappa shape index (κ3) is 4.77. The molecular formula is C25H33N3O3. The Hall–Kier alpha value is -2.78. The number of likely N-dealkylation sites (tertiary alicyclic amines) is 1. The number of nitrogens with zero attached hydrogens (tertiary/aromatic N) is 2. The van der Waals surface area contributed by atoms with Gasteiger partial charge in [-0.3, -0.25) is 4.90 Å². The molecule has 2 aliphatic rings. The first-order valence-electron chi connectivity index (χ1n) is 11.0. The Morgan fingerprint density at radius 3 is 2.55 bits per heavy atom. The fourth-order valence-electron chi connectivity index (χ4n) is 4.52. The standard InChI is InChI=1S/C25H33N3O3/c1-6-30-25(29)22-18(5)31-24(27)21(13-26)23(22)20-12-19(16(3)11-17(20)4)14-28-9-7-15(2)8-10-28/h11-12,15,23H,6-10,14,27H2,1-5H3. The Morgan fingerprint density at radius 2 is 1.94 bits per heavy atom. The lowest BCUT2D eigenvalue weighted by Crippen LogP contribution is -2.32. The monoisotopic (exact) mass is 423 g/mol. The van der Waals surface area contributed by atoms with Gasteiger partial charge in [0.1, 0.15) is 17.4 Å². The van der Waals surface area contributed by atoms with Crippen molar-refractivity contribution in [1.82, 2.24) is 4.90 Å². The summed E-state index contributed by atoms with van der Waals surface area (Å²) in [5.74, 6) is 0.131. The molecule has 1 unspecified atom stereocenters. The van der Waals surface area contributed by atoms with Crippen LogP contribution in [0.5, 0.6) is 0 Å². The van der Waals surface area contributed by atoms with Gasteiger partial charge >= 0.3 is 5.97 Å². The summed E-state index contributed by atoms with van der Waals surface area (Å²) in [6.07, 6.45) is 2.43. The molecule has 0 amide bonds. The number of hydrogen-bond acceptors (Lipinski definition) is 6. The van der Waals surface area contributed by atoms with E-state index in [-0.39, 0.29) is 18.1 Å². The van der Waals surface area contributed by atoms with E-state index < -0.39 is 11.9 Å². The van der Waals surface area contributed by atoms with Crippen molar-refractivity contribution in [3.8, 4) is 6.07 Å². The quantitative estimate of drug-likeness (QED) is 0.715. The van der Waals surface area contributed by atoms with Gasteiger partial charge in [-0.25, -0.2) is 4.79 Å². The molecule has 1 aromatic carbocycles. The third-order valence-electron chi connectivity index (χ3n) is 6.41. The minimum Gasteiger partial charge on any atom is -0.463 e. The van der Waals surface area contributed by atoms with E-state index in [2.05, 4.69) is 36.9 Å². The zero-order chi connectivity index (χ0) is 22.7. The second kappa shape index (κ2) is 9.57. The highest BCUT2D eigenvalue weighted by molar-refractivity contribution is 5.92. The summed E-state index contributed by atoms with van der Waals surface area (Å²) in [5.41, 5.74) is 11.0. The number of rotatable bonds is 5. The number of nitriles is 1. The van der Waals surface area contributed by atoms with E-state index in [4.69, 9.17) is 15.2 Å². The molecule has 2 aliphatic heterocycles. The van der Waals surface area contributed by atoms with Gasteiger partial charge in [0.25, 0.3) is 0 Å². The summed E-state index contributed by atoms with van der Waals surface area (Å²) in [6.45, 7) is 13.2. The Morgan fingerprint density at radius 1 is 1.26 bits per heavy atom. The zero-order valence-corrected chi connectivity index (χ0v) is 19.2. The summed E-state index contributed by atoms with van der Waals surface area (Å²) < 4.78 is 10.9. The highest BCUT2D eigenvalue weighted by atomic mass is 16.5. The second-order valence-electron chi connectivity index (χ2n) is 8.71. The second-order valence-corrected chi connectivity index (χ2v) is 8.71. The van der Waals surface area contributed by atoms with E-state index in [1.807, 2.05) is 6.92 Å². The van der Waals surface area contributed by atoms with Crippen LogP contribution in [0.4, 0.5) is 0 Å². The number of aryl methyl sites for hydroxylation is 2. The van der Waals surface area contributed by atoms with Crippen LogP contribution < -0.4 is 5.73 Å². The highest BCUT2D eigenvalue weighted by Crippen LogP contribution is 2.41. The van der Waals surface area contributed by atoms with Gasteiger partial charge in [-0.15, -0.1) is 0 Å². The normalized spacial score (nSPS) is 20.5. The van der Waals surface area contributed by atoms with Crippen molar-refractivity contribution in [2.24, 2.45) is 11.7 Å². The van der Waals surface area contributed by atoms with Gasteiger partial charge in [0.05, 0.1) is 18.1 Å². The first-order valence-corrected chi connectivity index (χ1v) is 11.0. The van der Waals surface area contributed by atoms with Gasteiger partial charge in [0, 0.05) is 6.54 Å². The van der Waals surface area contributed by atoms with Crippen molar-refractivity contribution < 1.29 is 14.3 Å². The van der Waals surface area contributed by atoms with Crippen LogP contribution in [-0.4, -0.2) is 30.6 Å². The molecule has 3 rings (SSSR count). The molecule has 1 atom stereocenters. The molecule has 31 heavy (non-hydrogen) atoms. The topological polar surface area (TPSA) is 88.6 Å².